The average Bonchev–Trinajstić information content (AvgIpc) is 2.20. The van der Waals surface area contributed by atoms with Gasteiger partial charge in [0.1, 0.15) is 5.75 Å². The number of rotatable bonds is 5. The molecule has 0 aromatic heterocycles. The predicted octanol–water partition coefficient (Wildman–Crippen LogP) is 2.18. The molecule has 0 aliphatic carbocycles. The second kappa shape index (κ2) is 5.40. The molecule has 0 unspecified atom stereocenters. The molecule has 3 nitrogen and oxygen atoms in total. The number of carbonyl (C=O) groups excluding carboxylic acids is 1. The summed E-state index contributed by atoms with van der Waals surface area (Å²) < 4.78 is 10.3. The first-order chi connectivity index (χ1) is 6.77. The highest BCUT2D eigenvalue weighted by Gasteiger charge is 2.02. The maximum absolute atomic E-state index is 10.7. The summed E-state index contributed by atoms with van der Waals surface area (Å²) in [7, 11) is 0. The first-order valence-corrected chi connectivity index (χ1v) is 4.54. The van der Waals surface area contributed by atoms with Crippen LogP contribution in [0.5, 0.6) is 5.75 Å². The Morgan fingerprint density at radius 1 is 1.43 bits per heavy atom. The van der Waals surface area contributed by atoms with Crippen molar-refractivity contribution in [3.8, 4) is 5.75 Å². The maximum Gasteiger partial charge on any atom is 0.189 e. The van der Waals surface area contributed by atoms with E-state index in [0.29, 0.717) is 17.9 Å². The number of aryl methyl sites for hydroxylation is 1. The second-order valence-corrected chi connectivity index (χ2v) is 2.91. The lowest BCUT2D eigenvalue weighted by atomic mass is 10.1. The zero-order chi connectivity index (χ0) is 10.4. The highest BCUT2D eigenvalue weighted by Crippen LogP contribution is 2.17. The zero-order valence-electron chi connectivity index (χ0n) is 8.45. The fourth-order valence-electron chi connectivity index (χ4n) is 1.08. The summed E-state index contributed by atoms with van der Waals surface area (Å²) in [5, 5.41) is 0. The van der Waals surface area contributed by atoms with Gasteiger partial charge in [0.25, 0.3) is 0 Å². The Kier molecular flexibility index (Phi) is 4.13. The van der Waals surface area contributed by atoms with E-state index in [-0.39, 0.29) is 6.79 Å². The van der Waals surface area contributed by atoms with Crippen LogP contribution in [0.2, 0.25) is 0 Å². The Morgan fingerprint density at radius 2 is 2.21 bits per heavy atom. The van der Waals surface area contributed by atoms with Crippen molar-refractivity contribution in [1.29, 1.82) is 0 Å². The highest BCUT2D eigenvalue weighted by molar-refractivity contribution is 5.79. The zero-order valence-corrected chi connectivity index (χ0v) is 8.45. The average molecular weight is 194 g/mol. The number of hydrogen-bond donors (Lipinski definition) is 0. The van der Waals surface area contributed by atoms with Crippen molar-refractivity contribution in [3.63, 3.8) is 0 Å². The van der Waals surface area contributed by atoms with Gasteiger partial charge in [0.05, 0.1) is 5.56 Å². The molecule has 1 aromatic rings. The molecule has 0 amide bonds. The highest BCUT2D eigenvalue weighted by atomic mass is 16.7. The minimum absolute atomic E-state index is 0.181. The summed E-state index contributed by atoms with van der Waals surface area (Å²) in [6.45, 7) is 4.60. The molecule has 0 saturated heterocycles. The molecule has 14 heavy (non-hydrogen) atoms. The van der Waals surface area contributed by atoms with Crippen LogP contribution in [-0.4, -0.2) is 19.7 Å². The lowest BCUT2D eigenvalue weighted by Gasteiger charge is -2.08. The quantitative estimate of drug-likeness (QED) is 0.409. The van der Waals surface area contributed by atoms with Crippen LogP contribution in [0.15, 0.2) is 18.2 Å². The molecule has 0 radical (unpaired) electrons. The van der Waals surface area contributed by atoms with Crippen molar-refractivity contribution in [2.45, 2.75) is 13.8 Å². The van der Waals surface area contributed by atoms with Crippen LogP contribution in [0.1, 0.15) is 22.8 Å². The van der Waals surface area contributed by atoms with Crippen molar-refractivity contribution in [2.24, 2.45) is 0 Å². The van der Waals surface area contributed by atoms with E-state index in [1.165, 1.54) is 0 Å². The van der Waals surface area contributed by atoms with Gasteiger partial charge in [0.15, 0.2) is 13.1 Å². The molecule has 0 aliphatic heterocycles. The minimum atomic E-state index is 0.181. The van der Waals surface area contributed by atoms with E-state index in [9.17, 15) is 4.79 Å². The van der Waals surface area contributed by atoms with Gasteiger partial charge in [-0.15, -0.1) is 0 Å². The third-order valence-corrected chi connectivity index (χ3v) is 1.79. The van der Waals surface area contributed by atoms with Gasteiger partial charge in [0, 0.05) is 6.61 Å². The van der Waals surface area contributed by atoms with Gasteiger partial charge >= 0.3 is 0 Å². The Morgan fingerprint density at radius 3 is 2.86 bits per heavy atom. The number of carbonyl (C=O) groups is 1. The fourth-order valence-corrected chi connectivity index (χ4v) is 1.08. The molecular formula is C11H14O3. The molecule has 0 aliphatic rings. The molecule has 0 fully saturated rings. The molecule has 76 valence electrons. The van der Waals surface area contributed by atoms with Gasteiger partial charge in [-0.25, -0.2) is 0 Å². The van der Waals surface area contributed by atoms with Crippen LogP contribution >= 0.6 is 0 Å². The van der Waals surface area contributed by atoms with E-state index in [4.69, 9.17) is 9.47 Å². The van der Waals surface area contributed by atoms with Crippen LogP contribution in [0.3, 0.4) is 0 Å². The van der Waals surface area contributed by atoms with Gasteiger partial charge < -0.3 is 9.47 Å². The van der Waals surface area contributed by atoms with Crippen molar-refractivity contribution in [2.75, 3.05) is 13.4 Å². The molecule has 1 aromatic carbocycles. The van der Waals surface area contributed by atoms with Gasteiger partial charge in [0.2, 0.25) is 0 Å². The Labute approximate surface area is 83.6 Å². The summed E-state index contributed by atoms with van der Waals surface area (Å²) in [4.78, 5) is 10.7. The van der Waals surface area contributed by atoms with Crippen molar-refractivity contribution in [3.05, 3.63) is 29.3 Å². The standard InChI is InChI=1S/C11H14O3/c1-3-13-8-14-11-5-4-9(2)6-10(11)7-12/h4-7H,3,8H2,1-2H3. The topological polar surface area (TPSA) is 35.5 Å². The lowest BCUT2D eigenvalue weighted by Crippen LogP contribution is -2.03. The molecule has 0 bridgehead atoms. The van der Waals surface area contributed by atoms with Crippen LogP contribution in [0.4, 0.5) is 0 Å². The monoisotopic (exact) mass is 194 g/mol. The van der Waals surface area contributed by atoms with E-state index < -0.39 is 0 Å². The van der Waals surface area contributed by atoms with E-state index in [1.54, 1.807) is 12.1 Å². The SMILES string of the molecule is CCOCOc1ccc(C)cc1C=O. The van der Waals surface area contributed by atoms with Crippen molar-refractivity contribution < 1.29 is 14.3 Å². The second-order valence-electron chi connectivity index (χ2n) is 2.91. The predicted molar refractivity (Wildman–Crippen MR) is 53.7 cm³/mol. The summed E-state index contributed by atoms with van der Waals surface area (Å²) in [6, 6.07) is 5.46. The number of aldehydes is 1. The van der Waals surface area contributed by atoms with Gasteiger partial charge in [-0.2, -0.15) is 0 Å². The van der Waals surface area contributed by atoms with Crippen LogP contribution in [0, 0.1) is 6.92 Å². The summed E-state index contributed by atoms with van der Waals surface area (Å²) in [6.07, 6.45) is 0.786. The minimum Gasteiger partial charge on any atom is -0.467 e. The number of ether oxygens (including phenoxy) is 2. The molecular weight excluding hydrogens is 180 g/mol. The molecule has 1 rings (SSSR count). The van der Waals surface area contributed by atoms with E-state index in [0.717, 1.165) is 11.8 Å². The molecule has 0 heterocycles. The summed E-state index contributed by atoms with van der Waals surface area (Å²) in [5.41, 5.74) is 1.60. The van der Waals surface area contributed by atoms with Crippen LogP contribution < -0.4 is 4.74 Å². The number of hydrogen-bond acceptors (Lipinski definition) is 3. The first kappa shape index (κ1) is 10.7. The van der Waals surface area contributed by atoms with Crippen molar-refractivity contribution in [1.82, 2.24) is 0 Å². The Bertz CT molecular complexity index is 307. The van der Waals surface area contributed by atoms with Crippen LogP contribution in [-0.2, 0) is 4.74 Å². The van der Waals surface area contributed by atoms with Crippen LogP contribution in [0.25, 0.3) is 0 Å². The summed E-state index contributed by atoms with van der Waals surface area (Å²) >= 11 is 0. The fraction of sp³-hybridized carbons (Fsp3) is 0.364. The van der Waals surface area contributed by atoms with Gasteiger partial charge in [-0.1, -0.05) is 11.6 Å². The van der Waals surface area contributed by atoms with E-state index in [1.807, 2.05) is 19.9 Å². The largest absolute Gasteiger partial charge is 0.467 e. The molecule has 0 saturated carbocycles. The van der Waals surface area contributed by atoms with E-state index >= 15 is 0 Å². The third kappa shape index (κ3) is 2.85. The molecule has 0 spiro atoms. The smallest absolute Gasteiger partial charge is 0.189 e. The van der Waals surface area contributed by atoms with Gasteiger partial charge in [-0.05, 0) is 26.0 Å². The molecule has 0 N–H and O–H groups in total. The molecule has 3 heteroatoms. The maximum atomic E-state index is 10.7. The Hall–Kier alpha value is -1.35. The molecule has 0 atom stereocenters. The van der Waals surface area contributed by atoms with E-state index in [2.05, 4.69) is 0 Å². The van der Waals surface area contributed by atoms with Gasteiger partial charge in [-0.3, -0.25) is 4.79 Å². The normalized spacial score (nSPS) is 9.86. The van der Waals surface area contributed by atoms with Crippen molar-refractivity contribution >= 4 is 6.29 Å². The Balaban J connectivity index is 2.70. The lowest BCUT2D eigenvalue weighted by molar-refractivity contribution is 0.0220. The first-order valence-electron chi connectivity index (χ1n) is 4.54. The third-order valence-electron chi connectivity index (χ3n) is 1.79. The summed E-state index contributed by atoms with van der Waals surface area (Å²) in [5.74, 6) is 0.569. The number of benzene rings is 1.